The van der Waals surface area contributed by atoms with E-state index in [2.05, 4.69) is 15.8 Å². The first-order valence-electron chi connectivity index (χ1n) is 3.96. The Morgan fingerprint density at radius 1 is 1.46 bits per heavy atom. The van der Waals surface area contributed by atoms with Gasteiger partial charge < -0.3 is 20.9 Å². The van der Waals surface area contributed by atoms with Crippen molar-refractivity contribution in [1.82, 2.24) is 5.32 Å². The fourth-order valence-electron chi connectivity index (χ4n) is 0.670. The monoisotopic (exact) mass is 190 g/mol. The van der Waals surface area contributed by atoms with Crippen molar-refractivity contribution in [2.24, 2.45) is 5.73 Å². The Morgan fingerprint density at radius 2 is 2.15 bits per heavy atom. The Labute approximate surface area is 76.0 Å². The molecule has 13 heavy (non-hydrogen) atoms. The average Bonchev–Trinajstić information content (AvgIpc) is 2.08. The quantitative estimate of drug-likeness (QED) is 0.466. The molecule has 4 N–H and O–H groups in total. The molecule has 0 rings (SSSR count). The predicted octanol–water partition coefficient (Wildman–Crippen LogP) is -1.03. The summed E-state index contributed by atoms with van der Waals surface area (Å²) in [4.78, 5) is 20.9. The molecule has 0 bridgehead atoms. The number of primary amides is 1. The van der Waals surface area contributed by atoms with E-state index in [0.717, 1.165) is 0 Å². The van der Waals surface area contributed by atoms with Crippen molar-refractivity contribution >= 4 is 12.0 Å². The fourth-order valence-corrected chi connectivity index (χ4v) is 0.670. The minimum Gasteiger partial charge on any atom is -0.448 e. The number of hydrogen-bond acceptors (Lipinski definition) is 4. The van der Waals surface area contributed by atoms with Crippen LogP contribution in [0.3, 0.4) is 0 Å². The van der Waals surface area contributed by atoms with Gasteiger partial charge in [0.25, 0.3) is 0 Å². The van der Waals surface area contributed by atoms with Crippen LogP contribution < -0.4 is 11.1 Å². The van der Waals surface area contributed by atoms with E-state index in [9.17, 15) is 9.59 Å². The Bertz CT molecular complexity index is 172. The van der Waals surface area contributed by atoms with Crippen molar-refractivity contribution in [2.45, 2.75) is 12.8 Å². The molecule has 0 aliphatic heterocycles. The highest BCUT2D eigenvalue weighted by molar-refractivity contribution is 5.75. The number of aliphatic hydroxyl groups excluding tert-OH is 1. The van der Waals surface area contributed by atoms with Gasteiger partial charge in [-0.15, -0.1) is 0 Å². The molecule has 0 aliphatic carbocycles. The van der Waals surface area contributed by atoms with Crippen LogP contribution in [0.15, 0.2) is 0 Å². The second-order valence-corrected chi connectivity index (χ2v) is 2.34. The zero-order valence-corrected chi connectivity index (χ0v) is 7.28. The minimum absolute atomic E-state index is 0.00872. The number of rotatable bonds is 6. The van der Waals surface area contributed by atoms with E-state index in [4.69, 9.17) is 5.11 Å². The van der Waals surface area contributed by atoms with Gasteiger partial charge in [0.2, 0.25) is 5.91 Å². The zero-order valence-electron chi connectivity index (χ0n) is 7.28. The maximum absolute atomic E-state index is 10.9. The Hall–Kier alpha value is -1.30. The van der Waals surface area contributed by atoms with Gasteiger partial charge in [-0.1, -0.05) is 0 Å². The normalized spacial score (nSPS) is 9.31. The van der Waals surface area contributed by atoms with Crippen LogP contribution in [0.5, 0.6) is 0 Å². The van der Waals surface area contributed by atoms with Crippen LogP contribution in [0, 0.1) is 0 Å². The molecule has 76 valence electrons. The second kappa shape index (κ2) is 7.35. The van der Waals surface area contributed by atoms with Crippen molar-refractivity contribution in [2.75, 3.05) is 19.8 Å². The van der Waals surface area contributed by atoms with Gasteiger partial charge in [-0.3, -0.25) is 4.79 Å². The van der Waals surface area contributed by atoms with Crippen molar-refractivity contribution in [1.29, 1.82) is 0 Å². The number of nitrogens with two attached hydrogens (primary N) is 1. The summed E-state index contributed by atoms with van der Waals surface area (Å²) < 4.78 is 4.37. The molecule has 0 radical (unpaired) electrons. The van der Waals surface area contributed by atoms with Crippen LogP contribution in [0.4, 0.5) is 4.79 Å². The number of carbonyl (C=O) groups excluding carboxylic acids is 2. The smallest absolute Gasteiger partial charge is 0.404 e. The Balaban J connectivity index is 3.22. The fraction of sp³-hybridized carbons (Fsp3) is 0.714. The molecule has 0 spiro atoms. The van der Waals surface area contributed by atoms with E-state index in [1.54, 1.807) is 0 Å². The highest BCUT2D eigenvalue weighted by atomic mass is 16.5. The van der Waals surface area contributed by atoms with Gasteiger partial charge in [0.15, 0.2) is 0 Å². The zero-order chi connectivity index (χ0) is 10.1. The van der Waals surface area contributed by atoms with Crippen molar-refractivity contribution < 1.29 is 19.4 Å². The molecule has 0 fully saturated rings. The lowest BCUT2D eigenvalue weighted by molar-refractivity contribution is -0.121. The summed E-state index contributed by atoms with van der Waals surface area (Å²) in [5, 5.41) is 10.9. The summed E-state index contributed by atoms with van der Waals surface area (Å²) in [7, 11) is 0. The molecule has 0 aromatic carbocycles. The standard InChI is InChI=1S/C7H14N2O4/c8-7(12)13-5-3-9-6(11)2-1-4-10/h10H,1-5H2,(H2,8,12)(H,9,11). The third-order valence-corrected chi connectivity index (χ3v) is 1.23. The molecular formula is C7H14N2O4. The topological polar surface area (TPSA) is 102 Å². The molecule has 0 heterocycles. The van der Waals surface area contributed by atoms with E-state index < -0.39 is 6.09 Å². The van der Waals surface area contributed by atoms with Crippen LogP contribution in [0.2, 0.25) is 0 Å². The van der Waals surface area contributed by atoms with E-state index >= 15 is 0 Å². The van der Waals surface area contributed by atoms with Gasteiger partial charge in [0.05, 0.1) is 6.54 Å². The average molecular weight is 190 g/mol. The van der Waals surface area contributed by atoms with E-state index in [1.807, 2.05) is 0 Å². The van der Waals surface area contributed by atoms with E-state index in [1.165, 1.54) is 0 Å². The van der Waals surface area contributed by atoms with E-state index in [-0.39, 0.29) is 32.1 Å². The SMILES string of the molecule is NC(=O)OCCNC(=O)CCCO. The van der Waals surface area contributed by atoms with Gasteiger partial charge in [0, 0.05) is 13.0 Å². The second-order valence-electron chi connectivity index (χ2n) is 2.34. The molecule has 0 aromatic heterocycles. The molecule has 0 unspecified atom stereocenters. The predicted molar refractivity (Wildman–Crippen MR) is 44.9 cm³/mol. The molecule has 0 aliphatic rings. The number of hydrogen-bond donors (Lipinski definition) is 3. The minimum atomic E-state index is -0.857. The first-order valence-corrected chi connectivity index (χ1v) is 3.96. The molecule has 6 nitrogen and oxygen atoms in total. The third-order valence-electron chi connectivity index (χ3n) is 1.23. The summed E-state index contributed by atoms with van der Waals surface area (Å²) in [5.74, 6) is -0.179. The summed E-state index contributed by atoms with van der Waals surface area (Å²) in [5.41, 5.74) is 4.68. The lowest BCUT2D eigenvalue weighted by Crippen LogP contribution is -2.28. The lowest BCUT2D eigenvalue weighted by atomic mass is 10.3. The van der Waals surface area contributed by atoms with Crippen LogP contribution in [0.1, 0.15) is 12.8 Å². The number of amides is 2. The van der Waals surface area contributed by atoms with Crippen LogP contribution >= 0.6 is 0 Å². The summed E-state index contributed by atoms with van der Waals surface area (Å²) >= 11 is 0. The third kappa shape index (κ3) is 8.61. The van der Waals surface area contributed by atoms with Gasteiger partial charge >= 0.3 is 6.09 Å². The molecule has 0 saturated heterocycles. The molecule has 0 saturated carbocycles. The summed E-state index contributed by atoms with van der Waals surface area (Å²) in [6, 6.07) is 0. The number of aliphatic hydroxyl groups is 1. The van der Waals surface area contributed by atoms with Crippen molar-refractivity contribution in [3.05, 3.63) is 0 Å². The Morgan fingerprint density at radius 3 is 2.69 bits per heavy atom. The summed E-state index contributed by atoms with van der Waals surface area (Å²) in [6.45, 7) is 0.304. The number of ether oxygens (including phenoxy) is 1. The number of nitrogens with one attached hydrogen (secondary N) is 1. The van der Waals surface area contributed by atoms with Gasteiger partial charge in [0.1, 0.15) is 6.61 Å². The Kier molecular flexibility index (Phi) is 6.62. The van der Waals surface area contributed by atoms with Gasteiger partial charge in [-0.2, -0.15) is 0 Å². The first-order chi connectivity index (χ1) is 6.16. The molecule has 6 heteroatoms. The van der Waals surface area contributed by atoms with Gasteiger partial charge in [-0.25, -0.2) is 4.79 Å². The summed E-state index contributed by atoms with van der Waals surface area (Å²) in [6.07, 6.45) is -0.153. The highest BCUT2D eigenvalue weighted by Gasteiger charge is 1.99. The maximum Gasteiger partial charge on any atom is 0.404 e. The molecule has 0 aromatic rings. The van der Waals surface area contributed by atoms with Gasteiger partial charge in [-0.05, 0) is 6.42 Å². The van der Waals surface area contributed by atoms with Crippen LogP contribution in [-0.2, 0) is 9.53 Å². The largest absolute Gasteiger partial charge is 0.448 e. The first kappa shape index (κ1) is 11.7. The number of carbonyl (C=O) groups is 2. The molecule has 0 atom stereocenters. The van der Waals surface area contributed by atoms with E-state index in [0.29, 0.717) is 6.42 Å². The van der Waals surface area contributed by atoms with Crippen LogP contribution in [-0.4, -0.2) is 36.9 Å². The molecular weight excluding hydrogens is 176 g/mol. The van der Waals surface area contributed by atoms with Crippen molar-refractivity contribution in [3.8, 4) is 0 Å². The molecule has 2 amide bonds. The van der Waals surface area contributed by atoms with Crippen molar-refractivity contribution in [3.63, 3.8) is 0 Å². The lowest BCUT2D eigenvalue weighted by Gasteiger charge is -2.03. The highest BCUT2D eigenvalue weighted by Crippen LogP contribution is 1.85. The van der Waals surface area contributed by atoms with Crippen LogP contribution in [0.25, 0.3) is 0 Å². The maximum atomic E-state index is 10.9.